The van der Waals surface area contributed by atoms with Gasteiger partial charge in [0.25, 0.3) is 10.1 Å². The molecule has 0 aliphatic carbocycles. The second-order valence-corrected chi connectivity index (χ2v) is 10.7. The number of allylic oxidation sites excluding steroid dienone is 1. The fourth-order valence-corrected chi connectivity index (χ4v) is 5.27. The fourth-order valence-electron chi connectivity index (χ4n) is 4.73. The maximum absolute atomic E-state index is 11.9. The smallest absolute Gasteiger partial charge is 0.264 e. The van der Waals surface area contributed by atoms with Gasteiger partial charge in [-0.2, -0.15) is 8.42 Å². The van der Waals surface area contributed by atoms with Gasteiger partial charge in [0.1, 0.15) is 6.17 Å². The molecule has 0 radical (unpaired) electrons. The molecule has 188 valence electrons. The van der Waals surface area contributed by atoms with Crippen molar-refractivity contribution in [2.75, 3.05) is 17.2 Å². The lowest BCUT2D eigenvalue weighted by Crippen LogP contribution is -2.50. The fraction of sp³-hybridized carbons (Fsp3) is 0.444. The lowest BCUT2D eigenvalue weighted by molar-refractivity contribution is 0.236. The highest BCUT2D eigenvalue weighted by molar-refractivity contribution is 7.85. The normalized spacial score (nSPS) is 17.6. The van der Waals surface area contributed by atoms with Crippen molar-refractivity contribution in [1.82, 2.24) is 4.90 Å². The van der Waals surface area contributed by atoms with E-state index in [-0.39, 0.29) is 24.4 Å². The topological polar surface area (TPSA) is 82.4 Å². The number of benzene rings is 2. The number of aryl methyl sites for hydroxylation is 1. The van der Waals surface area contributed by atoms with Gasteiger partial charge in [-0.1, -0.05) is 44.9 Å². The van der Waals surface area contributed by atoms with Crippen LogP contribution in [0, 0.1) is 0 Å². The van der Waals surface area contributed by atoms with Crippen LogP contribution in [-0.4, -0.2) is 48.6 Å². The molecule has 8 heteroatoms. The van der Waals surface area contributed by atoms with E-state index in [9.17, 15) is 13.0 Å². The molecule has 2 aliphatic rings. The first-order valence-corrected chi connectivity index (χ1v) is 14.1. The number of unbranched alkanes of at least 4 members (excludes halogenated alkanes) is 2. The van der Waals surface area contributed by atoms with Crippen LogP contribution in [0.15, 0.2) is 59.7 Å². The number of ether oxygens (including phenoxy) is 1. The van der Waals surface area contributed by atoms with Crippen molar-refractivity contribution in [3.05, 3.63) is 60.3 Å². The zero-order chi connectivity index (χ0) is 24.8. The minimum atomic E-state index is -4.15. The Labute approximate surface area is 208 Å². The molecule has 0 aromatic heterocycles. The van der Waals surface area contributed by atoms with Crippen molar-refractivity contribution in [1.29, 1.82) is 0 Å². The zero-order valence-corrected chi connectivity index (χ0v) is 21.3. The molecule has 2 heterocycles. The molecular formula is C27H35N3O4S. The Morgan fingerprint density at radius 3 is 2.60 bits per heavy atom. The average molecular weight is 498 g/mol. The summed E-state index contributed by atoms with van der Waals surface area (Å²) in [6.45, 7) is 5.13. The number of para-hydroxylation sites is 2. The summed E-state index contributed by atoms with van der Waals surface area (Å²) in [7, 11) is -4.15. The minimum absolute atomic E-state index is 0.213. The number of hydrogen-bond acceptors (Lipinski definition) is 6. The van der Waals surface area contributed by atoms with Crippen LogP contribution in [0.1, 0.15) is 51.5 Å². The van der Waals surface area contributed by atoms with Crippen molar-refractivity contribution >= 4 is 27.7 Å². The molecule has 0 saturated heterocycles. The highest BCUT2D eigenvalue weighted by Crippen LogP contribution is 2.49. The molecule has 2 atom stereocenters. The van der Waals surface area contributed by atoms with Gasteiger partial charge >= 0.3 is 0 Å². The van der Waals surface area contributed by atoms with Gasteiger partial charge in [-0.3, -0.25) is 9.55 Å². The number of hydrogen-bond donors (Lipinski definition) is 1. The van der Waals surface area contributed by atoms with Gasteiger partial charge in [0.05, 0.1) is 23.2 Å². The maximum Gasteiger partial charge on any atom is 0.264 e. The van der Waals surface area contributed by atoms with Gasteiger partial charge in [-0.05, 0) is 61.6 Å². The van der Waals surface area contributed by atoms with E-state index in [0.717, 1.165) is 55.8 Å². The summed E-state index contributed by atoms with van der Waals surface area (Å²) < 4.78 is 39.7. The van der Waals surface area contributed by atoms with Crippen molar-refractivity contribution in [2.45, 2.75) is 64.6 Å². The summed E-state index contributed by atoms with van der Waals surface area (Å²) in [6, 6.07) is 13.7. The van der Waals surface area contributed by atoms with Gasteiger partial charge in [0.15, 0.2) is 11.5 Å². The number of nitrogens with zero attached hydrogens (tertiary/aromatic N) is 3. The summed E-state index contributed by atoms with van der Waals surface area (Å²) in [4.78, 5) is 9.17. The molecule has 2 unspecified atom stereocenters. The van der Waals surface area contributed by atoms with E-state index in [4.69, 9.17) is 9.73 Å². The molecule has 0 spiro atoms. The summed E-state index contributed by atoms with van der Waals surface area (Å²) in [5.41, 5.74) is 2.98. The summed E-state index contributed by atoms with van der Waals surface area (Å²) in [5.74, 6) is 1.10. The summed E-state index contributed by atoms with van der Waals surface area (Å²) in [6.07, 6.45) is 10.8. The standard InChI is InChI=1S/C27H35N3O4S/c1-3-5-10-21-13-14-26-24(20-21)30(22-11-7-8-12-25(22)34-26)23(15-19-35(31,32)33)27-28-16-9-18-29(27)17-6-4-2/h7-9,11-14,16,18,20,23,27H,3-6,10,15,17,19H2,1-2H3,(H,31,32,33). The van der Waals surface area contributed by atoms with Crippen molar-refractivity contribution in [3.63, 3.8) is 0 Å². The van der Waals surface area contributed by atoms with E-state index in [1.807, 2.05) is 42.6 Å². The first-order chi connectivity index (χ1) is 16.9. The first kappa shape index (κ1) is 25.3. The molecule has 2 aromatic carbocycles. The molecular weight excluding hydrogens is 462 g/mol. The average Bonchev–Trinajstić information content (AvgIpc) is 2.85. The third-order valence-electron chi connectivity index (χ3n) is 6.51. The van der Waals surface area contributed by atoms with E-state index in [1.54, 1.807) is 6.21 Å². The number of fused-ring (bicyclic) bond motifs is 2. The Bertz CT molecular complexity index is 1180. The highest BCUT2D eigenvalue weighted by atomic mass is 32.2. The Morgan fingerprint density at radius 2 is 1.83 bits per heavy atom. The summed E-state index contributed by atoms with van der Waals surface area (Å²) in [5, 5.41) is 0. The van der Waals surface area contributed by atoms with Crippen LogP contribution >= 0.6 is 0 Å². The number of aliphatic imine (C=N–C) groups is 1. The van der Waals surface area contributed by atoms with Gasteiger partial charge in [0.2, 0.25) is 0 Å². The molecule has 4 rings (SSSR count). The van der Waals surface area contributed by atoms with E-state index in [1.165, 1.54) is 5.56 Å². The van der Waals surface area contributed by atoms with Crippen LogP contribution in [0.2, 0.25) is 0 Å². The number of anilines is 2. The third kappa shape index (κ3) is 6.05. The third-order valence-corrected chi connectivity index (χ3v) is 7.26. The van der Waals surface area contributed by atoms with E-state index in [0.29, 0.717) is 5.75 Å². The minimum Gasteiger partial charge on any atom is -0.453 e. The van der Waals surface area contributed by atoms with Crippen molar-refractivity contribution in [3.8, 4) is 11.5 Å². The Balaban J connectivity index is 1.82. The molecule has 0 fully saturated rings. The summed E-state index contributed by atoms with van der Waals surface area (Å²) >= 11 is 0. The largest absolute Gasteiger partial charge is 0.453 e. The van der Waals surface area contributed by atoms with Gasteiger partial charge in [-0.25, -0.2) is 0 Å². The van der Waals surface area contributed by atoms with Crippen LogP contribution in [0.5, 0.6) is 11.5 Å². The van der Waals surface area contributed by atoms with E-state index < -0.39 is 10.1 Å². The predicted molar refractivity (Wildman–Crippen MR) is 142 cm³/mol. The quantitative estimate of drug-likeness (QED) is 0.387. The second-order valence-electron chi connectivity index (χ2n) is 9.13. The van der Waals surface area contributed by atoms with Gasteiger partial charge in [0, 0.05) is 19.0 Å². The molecule has 35 heavy (non-hydrogen) atoms. The maximum atomic E-state index is 11.9. The molecule has 2 aliphatic heterocycles. The van der Waals surface area contributed by atoms with Crippen LogP contribution in [0.4, 0.5) is 11.4 Å². The molecule has 0 saturated carbocycles. The molecule has 0 amide bonds. The van der Waals surface area contributed by atoms with E-state index >= 15 is 0 Å². The van der Waals surface area contributed by atoms with Gasteiger partial charge in [-0.15, -0.1) is 0 Å². The Hall–Kier alpha value is -2.84. The molecule has 2 aromatic rings. The molecule has 1 N–H and O–H groups in total. The van der Waals surface area contributed by atoms with Crippen LogP contribution in [-0.2, 0) is 16.5 Å². The molecule has 0 bridgehead atoms. The van der Waals surface area contributed by atoms with E-state index in [2.05, 4.69) is 35.8 Å². The molecule has 7 nitrogen and oxygen atoms in total. The van der Waals surface area contributed by atoms with Crippen LogP contribution < -0.4 is 9.64 Å². The first-order valence-electron chi connectivity index (χ1n) is 12.5. The lowest BCUT2D eigenvalue weighted by atomic mass is 10.0. The monoisotopic (exact) mass is 497 g/mol. The predicted octanol–water partition coefficient (Wildman–Crippen LogP) is 5.95. The Kier molecular flexibility index (Phi) is 8.13. The van der Waals surface area contributed by atoms with Crippen LogP contribution in [0.25, 0.3) is 0 Å². The zero-order valence-electron chi connectivity index (χ0n) is 20.5. The second kappa shape index (κ2) is 11.3. The Morgan fingerprint density at radius 1 is 1.06 bits per heavy atom. The van der Waals surface area contributed by atoms with Crippen LogP contribution in [0.3, 0.4) is 0 Å². The van der Waals surface area contributed by atoms with Crippen molar-refractivity contribution < 1.29 is 17.7 Å². The van der Waals surface area contributed by atoms with Gasteiger partial charge < -0.3 is 14.5 Å². The SMILES string of the molecule is CCCCc1ccc2c(c1)N(C(CCS(=O)(=O)O)C1N=CC=CN1CCCC)c1ccccc1O2. The lowest BCUT2D eigenvalue weighted by Gasteiger charge is -2.44. The van der Waals surface area contributed by atoms with Crippen molar-refractivity contribution in [2.24, 2.45) is 4.99 Å². The number of rotatable bonds is 11. The highest BCUT2D eigenvalue weighted by Gasteiger charge is 2.37.